The summed E-state index contributed by atoms with van der Waals surface area (Å²) in [6.07, 6.45) is -0.831. The van der Waals surface area contributed by atoms with Crippen molar-refractivity contribution in [3.05, 3.63) is 57.7 Å². The van der Waals surface area contributed by atoms with Gasteiger partial charge in [-0.05, 0) is 45.1 Å². The minimum absolute atomic E-state index is 0.00380. The van der Waals surface area contributed by atoms with Crippen LogP contribution in [-0.2, 0) is 18.8 Å². The van der Waals surface area contributed by atoms with E-state index in [9.17, 15) is 14.7 Å². The summed E-state index contributed by atoms with van der Waals surface area (Å²) in [5.74, 6) is -0.189. The molecule has 3 rings (SSSR count). The van der Waals surface area contributed by atoms with E-state index in [1.807, 2.05) is 25.1 Å². The maximum absolute atomic E-state index is 12.3. The van der Waals surface area contributed by atoms with Gasteiger partial charge in [0.1, 0.15) is 24.1 Å². The number of nitrogens with one attached hydrogen (secondary N) is 2. The second-order valence-electron chi connectivity index (χ2n) is 8.23. The zero-order chi connectivity index (χ0) is 24.8. The summed E-state index contributed by atoms with van der Waals surface area (Å²) in [7, 11) is -1.78. The van der Waals surface area contributed by atoms with E-state index in [4.69, 9.17) is 30.7 Å². The monoisotopic (exact) mass is 511 g/mol. The highest BCUT2D eigenvalue weighted by molar-refractivity contribution is 7.71. The Morgan fingerprint density at radius 1 is 1.29 bits per heavy atom. The molecule has 0 bridgehead atoms. The third kappa shape index (κ3) is 6.94. The molecule has 3 N–H and O–H groups in total. The topological polar surface area (TPSA) is 124 Å². The lowest BCUT2D eigenvalue weighted by atomic mass is 10.0. The van der Waals surface area contributed by atoms with Crippen LogP contribution in [0.4, 0.5) is 0 Å². The molecular formula is C22H30N3O7PS. The second kappa shape index (κ2) is 12.0. The molecule has 12 heteroatoms. The van der Waals surface area contributed by atoms with Crippen LogP contribution in [0.2, 0.25) is 0 Å². The van der Waals surface area contributed by atoms with Crippen LogP contribution in [0.1, 0.15) is 33.9 Å². The number of carbonyl (C=O) groups excluding carboxylic acids is 1. The van der Waals surface area contributed by atoms with E-state index < -0.39 is 39.0 Å². The zero-order valence-electron chi connectivity index (χ0n) is 19.4. The maximum Gasteiger partial charge on any atom is 0.323 e. The number of aliphatic hydroxyl groups is 1. The van der Waals surface area contributed by atoms with Crippen molar-refractivity contribution in [1.82, 2.24) is 14.6 Å². The first-order valence-electron chi connectivity index (χ1n) is 10.9. The molecule has 10 nitrogen and oxygen atoms in total. The van der Waals surface area contributed by atoms with Gasteiger partial charge in [0.2, 0.25) is 0 Å². The van der Waals surface area contributed by atoms with Gasteiger partial charge in [-0.15, -0.1) is 0 Å². The van der Waals surface area contributed by atoms with Gasteiger partial charge in [0.15, 0.2) is 4.77 Å². The molecule has 6 atom stereocenters. The fourth-order valence-corrected chi connectivity index (χ4v) is 4.79. The van der Waals surface area contributed by atoms with Gasteiger partial charge in [0, 0.05) is 18.2 Å². The van der Waals surface area contributed by atoms with Gasteiger partial charge in [-0.2, -0.15) is 0 Å². The maximum atomic E-state index is 12.3. The highest BCUT2D eigenvalue weighted by atomic mass is 32.1. The lowest BCUT2D eigenvalue weighted by Crippen LogP contribution is -2.36. The average molecular weight is 512 g/mol. The number of rotatable bonds is 10. The van der Waals surface area contributed by atoms with Gasteiger partial charge in [-0.25, -0.2) is 5.09 Å². The highest BCUT2D eigenvalue weighted by Gasteiger charge is 2.42. The minimum atomic E-state index is -1.78. The first-order valence-corrected chi connectivity index (χ1v) is 12.5. The Balaban J connectivity index is 1.68. The van der Waals surface area contributed by atoms with Gasteiger partial charge in [-0.3, -0.25) is 19.1 Å². The molecule has 2 heterocycles. The van der Waals surface area contributed by atoms with Crippen LogP contribution in [0.5, 0.6) is 5.75 Å². The van der Waals surface area contributed by atoms with Crippen LogP contribution >= 0.6 is 20.7 Å². The van der Waals surface area contributed by atoms with Gasteiger partial charge in [0.05, 0.1) is 18.8 Å². The van der Waals surface area contributed by atoms with Gasteiger partial charge < -0.3 is 23.6 Å². The van der Waals surface area contributed by atoms with Crippen molar-refractivity contribution >= 4 is 26.7 Å². The summed E-state index contributed by atoms with van der Waals surface area (Å²) >= 11 is 5.23. The lowest BCUT2D eigenvalue weighted by molar-refractivity contribution is -0.149. The van der Waals surface area contributed by atoms with E-state index in [-0.39, 0.29) is 29.0 Å². The Kier molecular flexibility index (Phi) is 9.35. The Hall–Kier alpha value is -2.14. The number of H-pyrrole nitrogens is 1. The number of esters is 1. The zero-order valence-corrected chi connectivity index (χ0v) is 21.1. The first kappa shape index (κ1) is 26.5. The Bertz CT molecular complexity index is 1060. The van der Waals surface area contributed by atoms with Gasteiger partial charge in [-0.1, -0.05) is 25.1 Å². The summed E-state index contributed by atoms with van der Waals surface area (Å²) in [6.45, 7) is 7.03. The number of hydrogen-bond acceptors (Lipinski definition) is 9. The molecule has 0 saturated carbocycles. The van der Waals surface area contributed by atoms with Crippen molar-refractivity contribution in [3.8, 4) is 5.75 Å². The Morgan fingerprint density at radius 3 is 2.65 bits per heavy atom. The minimum Gasteiger partial charge on any atom is -0.462 e. The number of para-hydroxylation sites is 1. The molecule has 1 aromatic heterocycles. The molecule has 4 unspecified atom stereocenters. The molecule has 1 fully saturated rings. The van der Waals surface area contributed by atoms with Crippen LogP contribution < -0.4 is 15.2 Å². The third-order valence-electron chi connectivity index (χ3n) is 5.10. The van der Waals surface area contributed by atoms with Gasteiger partial charge in [0.25, 0.3) is 5.56 Å². The molecule has 186 valence electrons. The van der Waals surface area contributed by atoms with Crippen LogP contribution in [0.3, 0.4) is 0 Å². The number of aromatic amines is 1. The largest absolute Gasteiger partial charge is 0.462 e. The Labute approximate surface area is 204 Å². The number of benzene rings is 1. The first-order chi connectivity index (χ1) is 16.2. The van der Waals surface area contributed by atoms with Gasteiger partial charge >= 0.3 is 14.5 Å². The number of aromatic nitrogens is 2. The predicted molar refractivity (Wildman–Crippen MR) is 129 cm³/mol. The number of aliphatic hydroxyl groups excluding tert-OH is 1. The molecule has 0 aliphatic carbocycles. The second-order valence-corrected chi connectivity index (χ2v) is 9.83. The van der Waals surface area contributed by atoms with Crippen LogP contribution in [0.15, 0.2) is 47.4 Å². The van der Waals surface area contributed by atoms with Crippen molar-refractivity contribution in [2.75, 3.05) is 6.61 Å². The molecule has 2 aromatic rings. The van der Waals surface area contributed by atoms with Crippen LogP contribution in [0.25, 0.3) is 0 Å². The summed E-state index contributed by atoms with van der Waals surface area (Å²) in [4.78, 5) is 26.3. The van der Waals surface area contributed by atoms with Crippen molar-refractivity contribution in [1.29, 1.82) is 0 Å². The smallest absolute Gasteiger partial charge is 0.323 e. The quantitative estimate of drug-likeness (QED) is 0.251. The summed E-state index contributed by atoms with van der Waals surface area (Å²) < 4.78 is 25.0. The van der Waals surface area contributed by atoms with E-state index in [0.717, 1.165) is 0 Å². The molecule has 34 heavy (non-hydrogen) atoms. The third-order valence-corrected chi connectivity index (χ3v) is 6.77. The molecule has 1 aliphatic heterocycles. The molecule has 1 aromatic carbocycles. The molecule has 1 aliphatic rings. The number of carbonyl (C=O) groups is 1. The number of ether oxygens (including phenoxy) is 2. The van der Waals surface area contributed by atoms with Crippen molar-refractivity contribution in [2.45, 2.75) is 58.3 Å². The van der Waals surface area contributed by atoms with Crippen molar-refractivity contribution < 1.29 is 28.4 Å². The summed E-state index contributed by atoms with van der Waals surface area (Å²) in [6, 6.07) is 9.71. The van der Waals surface area contributed by atoms with E-state index in [1.54, 1.807) is 37.5 Å². The Morgan fingerprint density at radius 2 is 2.00 bits per heavy atom. The van der Waals surface area contributed by atoms with Crippen LogP contribution in [0, 0.1) is 10.7 Å². The predicted octanol–water partition coefficient (Wildman–Crippen LogP) is 3.05. The van der Waals surface area contributed by atoms with Crippen molar-refractivity contribution in [3.63, 3.8) is 0 Å². The average Bonchev–Trinajstić information content (AvgIpc) is 3.06. The molecule has 0 radical (unpaired) electrons. The fourth-order valence-electron chi connectivity index (χ4n) is 3.33. The number of hydrogen-bond donors (Lipinski definition) is 3. The summed E-state index contributed by atoms with van der Waals surface area (Å²) in [5.41, 5.74) is -0.313. The van der Waals surface area contributed by atoms with E-state index in [1.165, 1.54) is 12.3 Å². The highest BCUT2D eigenvalue weighted by Crippen LogP contribution is 2.40. The van der Waals surface area contributed by atoms with Crippen LogP contribution in [-0.4, -0.2) is 51.6 Å². The fraction of sp³-hybridized carbons (Fsp3) is 0.500. The molecule has 0 amide bonds. The standard InChI is InChI=1S/C22H30N3O7PS/c1-13(2)30-21(28)15(4)24-33(32-16-8-6-5-7-9-16)29-12-17-19(27)14(3)20(31-17)25-11-10-18(26)23-22(25)34/h5-11,13-15,17,19-20,24,27H,12H2,1-4H3,(H,23,26,34)/t14?,15-,17?,19+,20?,33?/m0/s1. The molecular weight excluding hydrogens is 481 g/mol. The van der Waals surface area contributed by atoms with E-state index >= 15 is 0 Å². The normalized spacial score (nSPS) is 24.1. The molecule has 1 saturated heterocycles. The van der Waals surface area contributed by atoms with E-state index in [2.05, 4.69) is 10.1 Å². The summed E-state index contributed by atoms with van der Waals surface area (Å²) in [5, 5.41) is 13.8. The molecule has 0 spiro atoms. The van der Waals surface area contributed by atoms with E-state index in [0.29, 0.717) is 5.75 Å². The SMILES string of the molecule is CC(C)OC(=O)[C@H](C)NP(OCC1OC(n2ccc(=O)[nH]c2=S)C(C)[C@H]1O)Oc1ccccc1. The van der Waals surface area contributed by atoms with Crippen molar-refractivity contribution in [2.24, 2.45) is 5.92 Å². The number of nitrogens with zero attached hydrogens (tertiary/aromatic N) is 1. The lowest BCUT2D eigenvalue weighted by Gasteiger charge is -2.24.